The number of benzene rings is 1. The molecule has 0 saturated carbocycles. The number of alkyl halides is 1. The fourth-order valence-corrected chi connectivity index (χ4v) is 3.06. The summed E-state index contributed by atoms with van der Waals surface area (Å²) in [6.45, 7) is 1.46. The first kappa shape index (κ1) is 18.4. The molecule has 0 aliphatic rings. The number of aryl methyl sites for hydroxylation is 1. The largest absolute Gasteiger partial charge is 0.469 e. The maximum atomic E-state index is 12.7. The molecular weight excluding hydrogens is 373 g/mol. The third-order valence-corrected chi connectivity index (χ3v) is 4.57. The van der Waals surface area contributed by atoms with Gasteiger partial charge < -0.3 is 9.73 Å². The first-order chi connectivity index (χ1) is 14.1. The van der Waals surface area contributed by atoms with Crippen LogP contribution in [0.1, 0.15) is 32.9 Å². The van der Waals surface area contributed by atoms with Gasteiger partial charge in [0, 0.05) is 11.6 Å². The molecule has 3 aromatic heterocycles. The number of pyridine rings is 1. The highest BCUT2D eigenvalue weighted by molar-refractivity contribution is 6.08. The zero-order valence-corrected chi connectivity index (χ0v) is 15.5. The fourth-order valence-electron chi connectivity index (χ4n) is 3.06. The molecule has 29 heavy (non-hydrogen) atoms. The SMILES string of the molecule is Cc1occc1C(=O)Nc1nn(Cc2ccc(CF)nc2)c2ccc(C#N)cc12. The van der Waals surface area contributed by atoms with Gasteiger partial charge in [0.1, 0.15) is 12.4 Å². The molecule has 7 nitrogen and oxygen atoms in total. The highest BCUT2D eigenvalue weighted by Gasteiger charge is 2.17. The number of aromatic nitrogens is 3. The minimum atomic E-state index is -0.620. The molecule has 144 valence electrons. The Balaban J connectivity index is 1.72. The zero-order chi connectivity index (χ0) is 20.4. The number of amides is 1. The Morgan fingerprint density at radius 1 is 1.31 bits per heavy atom. The lowest BCUT2D eigenvalue weighted by molar-refractivity contribution is 0.102. The van der Waals surface area contributed by atoms with Crippen LogP contribution in [-0.2, 0) is 13.2 Å². The Morgan fingerprint density at radius 3 is 2.83 bits per heavy atom. The van der Waals surface area contributed by atoms with Gasteiger partial charge in [-0.05, 0) is 42.8 Å². The number of nitriles is 1. The molecule has 0 spiro atoms. The molecule has 3 heterocycles. The topological polar surface area (TPSA) is 96.7 Å². The average molecular weight is 389 g/mol. The van der Waals surface area contributed by atoms with Gasteiger partial charge in [-0.2, -0.15) is 10.4 Å². The Morgan fingerprint density at radius 2 is 2.17 bits per heavy atom. The molecule has 8 heteroatoms. The van der Waals surface area contributed by atoms with Crippen LogP contribution in [0.5, 0.6) is 0 Å². The van der Waals surface area contributed by atoms with Crippen LogP contribution in [0.4, 0.5) is 10.2 Å². The molecule has 1 N–H and O–H groups in total. The lowest BCUT2D eigenvalue weighted by atomic mass is 10.1. The van der Waals surface area contributed by atoms with E-state index in [0.29, 0.717) is 40.3 Å². The van der Waals surface area contributed by atoms with Crippen LogP contribution in [0.3, 0.4) is 0 Å². The summed E-state index contributed by atoms with van der Waals surface area (Å²) in [5.74, 6) is 0.498. The van der Waals surface area contributed by atoms with Crippen LogP contribution < -0.4 is 5.32 Å². The van der Waals surface area contributed by atoms with E-state index in [0.717, 1.165) is 11.1 Å². The van der Waals surface area contributed by atoms with E-state index in [4.69, 9.17) is 4.42 Å². The van der Waals surface area contributed by atoms with Crippen molar-refractivity contribution in [2.75, 3.05) is 5.32 Å². The standard InChI is InChI=1S/C21H16FN5O2/c1-13-17(6-7-29-13)21(28)25-20-18-8-14(10-23)3-5-19(18)27(26-20)12-15-2-4-16(9-22)24-11-15/h2-8,11H,9,12H2,1H3,(H,25,26,28). The Bertz CT molecular complexity index is 1230. The minimum Gasteiger partial charge on any atom is -0.469 e. The maximum Gasteiger partial charge on any atom is 0.260 e. The number of nitrogens with zero attached hydrogens (tertiary/aromatic N) is 4. The van der Waals surface area contributed by atoms with Crippen molar-refractivity contribution >= 4 is 22.6 Å². The van der Waals surface area contributed by atoms with E-state index in [2.05, 4.69) is 21.5 Å². The average Bonchev–Trinajstić information content (AvgIpc) is 3.32. The Labute approximate surface area is 165 Å². The minimum absolute atomic E-state index is 0.344. The zero-order valence-electron chi connectivity index (χ0n) is 15.5. The molecule has 4 aromatic rings. The third-order valence-electron chi connectivity index (χ3n) is 4.57. The Hall–Kier alpha value is -3.99. The predicted octanol–water partition coefficient (Wildman–Crippen LogP) is 3.97. The van der Waals surface area contributed by atoms with E-state index in [1.165, 1.54) is 6.26 Å². The van der Waals surface area contributed by atoms with Crippen LogP contribution in [0.25, 0.3) is 10.9 Å². The van der Waals surface area contributed by atoms with E-state index in [-0.39, 0.29) is 5.91 Å². The normalized spacial score (nSPS) is 10.8. The summed E-state index contributed by atoms with van der Waals surface area (Å²) in [6, 6.07) is 12.2. The van der Waals surface area contributed by atoms with E-state index in [1.54, 1.807) is 54.2 Å². The van der Waals surface area contributed by atoms with Crippen molar-refractivity contribution in [2.24, 2.45) is 0 Å². The van der Waals surface area contributed by atoms with Gasteiger partial charge in [-0.1, -0.05) is 6.07 Å². The molecule has 0 fully saturated rings. The molecule has 4 rings (SSSR count). The number of carbonyl (C=O) groups excluding carboxylic acids is 1. The maximum absolute atomic E-state index is 12.7. The summed E-state index contributed by atoms with van der Waals surface area (Å²) in [5, 5.41) is 17.2. The van der Waals surface area contributed by atoms with E-state index >= 15 is 0 Å². The summed E-state index contributed by atoms with van der Waals surface area (Å²) in [5.41, 5.74) is 2.81. The van der Waals surface area contributed by atoms with Gasteiger partial charge in [-0.15, -0.1) is 0 Å². The molecule has 0 bridgehead atoms. The first-order valence-corrected chi connectivity index (χ1v) is 8.85. The predicted molar refractivity (Wildman–Crippen MR) is 104 cm³/mol. The number of nitrogens with one attached hydrogen (secondary N) is 1. The van der Waals surface area contributed by atoms with Crippen molar-refractivity contribution in [1.82, 2.24) is 14.8 Å². The number of rotatable bonds is 5. The quantitative estimate of drug-likeness (QED) is 0.557. The van der Waals surface area contributed by atoms with Crippen molar-refractivity contribution in [3.8, 4) is 6.07 Å². The van der Waals surface area contributed by atoms with Gasteiger partial charge in [-0.3, -0.25) is 14.5 Å². The van der Waals surface area contributed by atoms with Crippen LogP contribution >= 0.6 is 0 Å². The van der Waals surface area contributed by atoms with Crippen molar-refractivity contribution < 1.29 is 13.6 Å². The van der Waals surface area contributed by atoms with Crippen molar-refractivity contribution in [1.29, 1.82) is 5.26 Å². The van der Waals surface area contributed by atoms with E-state index in [9.17, 15) is 14.4 Å². The summed E-state index contributed by atoms with van der Waals surface area (Å²) in [7, 11) is 0. The van der Waals surface area contributed by atoms with Gasteiger partial charge in [0.25, 0.3) is 5.91 Å². The molecule has 0 aliphatic heterocycles. The summed E-state index contributed by atoms with van der Waals surface area (Å²) in [6.07, 6.45) is 3.04. The van der Waals surface area contributed by atoms with Crippen LogP contribution in [0.2, 0.25) is 0 Å². The monoisotopic (exact) mass is 389 g/mol. The van der Waals surface area contributed by atoms with Gasteiger partial charge in [0.2, 0.25) is 0 Å². The van der Waals surface area contributed by atoms with Crippen LogP contribution in [-0.4, -0.2) is 20.7 Å². The van der Waals surface area contributed by atoms with Crippen LogP contribution in [0.15, 0.2) is 53.3 Å². The molecule has 0 radical (unpaired) electrons. The van der Waals surface area contributed by atoms with Gasteiger partial charge in [0.05, 0.1) is 41.2 Å². The highest BCUT2D eigenvalue weighted by Crippen LogP contribution is 2.26. The van der Waals surface area contributed by atoms with Crippen LogP contribution in [0, 0.1) is 18.3 Å². The number of hydrogen-bond donors (Lipinski definition) is 1. The van der Waals surface area contributed by atoms with Crippen molar-refractivity contribution in [3.63, 3.8) is 0 Å². The Kier molecular flexibility index (Phi) is 4.79. The second kappa shape index (κ2) is 7.56. The smallest absolute Gasteiger partial charge is 0.260 e. The number of halogens is 1. The number of hydrogen-bond acceptors (Lipinski definition) is 5. The van der Waals surface area contributed by atoms with Gasteiger partial charge in [0.15, 0.2) is 5.82 Å². The summed E-state index contributed by atoms with van der Waals surface area (Å²) in [4.78, 5) is 16.7. The third kappa shape index (κ3) is 3.58. The first-order valence-electron chi connectivity index (χ1n) is 8.85. The number of anilines is 1. The van der Waals surface area contributed by atoms with Gasteiger partial charge in [-0.25, -0.2) is 4.39 Å². The van der Waals surface area contributed by atoms with E-state index in [1.807, 2.05) is 0 Å². The molecule has 0 aliphatic carbocycles. The lowest BCUT2D eigenvalue weighted by Gasteiger charge is -2.04. The van der Waals surface area contributed by atoms with E-state index < -0.39 is 6.67 Å². The molecule has 1 aromatic carbocycles. The van der Waals surface area contributed by atoms with Gasteiger partial charge >= 0.3 is 0 Å². The molecule has 1 amide bonds. The number of fused-ring (bicyclic) bond motifs is 1. The fraction of sp³-hybridized carbons (Fsp3) is 0.143. The summed E-state index contributed by atoms with van der Waals surface area (Å²) < 4.78 is 19.6. The molecule has 0 saturated heterocycles. The molecule has 0 atom stereocenters. The summed E-state index contributed by atoms with van der Waals surface area (Å²) >= 11 is 0. The number of carbonyl (C=O) groups is 1. The van der Waals surface area contributed by atoms with Crippen molar-refractivity contribution in [2.45, 2.75) is 20.1 Å². The highest BCUT2D eigenvalue weighted by atomic mass is 19.1. The molecule has 0 unspecified atom stereocenters. The molecular formula is C21H16FN5O2. The number of furan rings is 1. The second-order valence-electron chi connectivity index (χ2n) is 6.49. The van der Waals surface area contributed by atoms with Crippen molar-refractivity contribution in [3.05, 3.63) is 77.0 Å². The second-order valence-corrected chi connectivity index (χ2v) is 6.49. The lowest BCUT2D eigenvalue weighted by Crippen LogP contribution is -2.13.